The Kier molecular flexibility index (Phi) is 9.10. The third-order valence-corrected chi connectivity index (χ3v) is 7.55. The van der Waals surface area contributed by atoms with Gasteiger partial charge in [-0.15, -0.1) is 0 Å². The van der Waals surface area contributed by atoms with Gasteiger partial charge < -0.3 is 10.2 Å². The summed E-state index contributed by atoms with van der Waals surface area (Å²) in [6.07, 6.45) is 1.38. The van der Waals surface area contributed by atoms with Crippen molar-refractivity contribution in [2.75, 3.05) is 24.2 Å². The second kappa shape index (κ2) is 12.1. The number of anilines is 1. The second-order valence-electron chi connectivity index (χ2n) is 9.33. The number of nitrogens with zero attached hydrogens (tertiary/aromatic N) is 2. The fourth-order valence-corrected chi connectivity index (χ4v) is 5.28. The molecule has 0 heterocycles. The molecule has 0 aliphatic heterocycles. The SMILES string of the molecule is CNC(=O)[C@@H](Cc1ccccc1)N(Cc1ccccc1C)C(=O)CN(c1ccc(C)cc1C)S(C)(=O)=O. The van der Waals surface area contributed by atoms with Gasteiger partial charge >= 0.3 is 0 Å². The summed E-state index contributed by atoms with van der Waals surface area (Å²) in [6.45, 7) is 5.44. The van der Waals surface area contributed by atoms with E-state index >= 15 is 0 Å². The third-order valence-electron chi connectivity index (χ3n) is 6.42. The van der Waals surface area contributed by atoms with Crippen LogP contribution in [0, 0.1) is 20.8 Å². The van der Waals surface area contributed by atoms with Crippen LogP contribution in [0.15, 0.2) is 72.8 Å². The second-order valence-corrected chi connectivity index (χ2v) is 11.2. The smallest absolute Gasteiger partial charge is 0.244 e. The highest BCUT2D eigenvalue weighted by Gasteiger charge is 2.33. The molecule has 1 N–H and O–H groups in total. The maximum Gasteiger partial charge on any atom is 0.244 e. The van der Waals surface area contributed by atoms with Crippen LogP contribution in [0.1, 0.15) is 27.8 Å². The van der Waals surface area contributed by atoms with Crippen LogP contribution in [0.3, 0.4) is 0 Å². The lowest BCUT2D eigenvalue weighted by Gasteiger charge is -2.34. The number of aryl methyl sites for hydroxylation is 3. The number of hydrogen-bond acceptors (Lipinski definition) is 4. The van der Waals surface area contributed by atoms with Gasteiger partial charge in [0.2, 0.25) is 21.8 Å². The van der Waals surface area contributed by atoms with E-state index < -0.39 is 28.5 Å². The minimum absolute atomic E-state index is 0.168. The van der Waals surface area contributed by atoms with Crippen LogP contribution in [0.2, 0.25) is 0 Å². The highest BCUT2D eigenvalue weighted by Crippen LogP contribution is 2.25. The van der Waals surface area contributed by atoms with Crippen LogP contribution in [-0.4, -0.2) is 51.0 Å². The molecule has 3 aromatic carbocycles. The maximum absolute atomic E-state index is 14.0. The Labute approximate surface area is 220 Å². The molecule has 0 spiro atoms. The van der Waals surface area contributed by atoms with Crippen molar-refractivity contribution in [2.24, 2.45) is 0 Å². The van der Waals surface area contributed by atoms with E-state index in [-0.39, 0.29) is 12.5 Å². The van der Waals surface area contributed by atoms with Crippen molar-refractivity contribution in [2.45, 2.75) is 39.8 Å². The monoisotopic (exact) mass is 521 g/mol. The topological polar surface area (TPSA) is 86.8 Å². The van der Waals surface area contributed by atoms with Gasteiger partial charge in [-0.1, -0.05) is 72.3 Å². The van der Waals surface area contributed by atoms with Gasteiger partial charge in [0.15, 0.2) is 0 Å². The summed E-state index contributed by atoms with van der Waals surface area (Å²) in [5.74, 6) is -0.776. The first-order valence-electron chi connectivity index (χ1n) is 12.2. The van der Waals surface area contributed by atoms with Gasteiger partial charge in [-0.2, -0.15) is 0 Å². The molecular formula is C29H35N3O4S. The van der Waals surface area contributed by atoms with Crippen LogP contribution < -0.4 is 9.62 Å². The first-order valence-corrected chi connectivity index (χ1v) is 14.0. The summed E-state index contributed by atoms with van der Waals surface area (Å²) >= 11 is 0. The van der Waals surface area contributed by atoms with E-state index in [2.05, 4.69) is 5.32 Å². The minimum atomic E-state index is -3.79. The molecule has 0 unspecified atom stereocenters. The zero-order chi connectivity index (χ0) is 27.2. The molecule has 196 valence electrons. The number of carbonyl (C=O) groups excluding carboxylic acids is 2. The Bertz CT molecular complexity index is 1360. The van der Waals surface area contributed by atoms with E-state index in [0.717, 1.165) is 38.4 Å². The number of amides is 2. The molecule has 7 nitrogen and oxygen atoms in total. The van der Waals surface area contributed by atoms with Crippen LogP contribution in [0.5, 0.6) is 0 Å². The van der Waals surface area contributed by atoms with Gasteiger partial charge in [0, 0.05) is 20.0 Å². The summed E-state index contributed by atoms with van der Waals surface area (Å²) in [5, 5.41) is 2.69. The standard InChI is InChI=1S/C29H35N3O4S/c1-21-15-16-26(23(3)17-21)32(37(5,35)36)20-28(33)31(19-25-14-10-9-11-22(25)2)27(29(34)30-4)18-24-12-7-6-8-13-24/h6-17,27H,18-20H2,1-5H3,(H,30,34)/t27-/m1/s1. The molecule has 0 bridgehead atoms. The van der Waals surface area contributed by atoms with Gasteiger partial charge in [-0.05, 0) is 49.1 Å². The molecule has 0 fully saturated rings. The van der Waals surface area contributed by atoms with Crippen molar-refractivity contribution in [1.82, 2.24) is 10.2 Å². The lowest BCUT2D eigenvalue weighted by atomic mass is 10.0. The average Bonchev–Trinajstić information content (AvgIpc) is 2.85. The Balaban J connectivity index is 2.06. The molecule has 0 aromatic heterocycles. The lowest BCUT2D eigenvalue weighted by Crippen LogP contribution is -2.53. The molecule has 1 atom stereocenters. The van der Waals surface area contributed by atoms with Crippen LogP contribution >= 0.6 is 0 Å². The van der Waals surface area contributed by atoms with Crippen LogP contribution in [0.4, 0.5) is 5.69 Å². The summed E-state index contributed by atoms with van der Waals surface area (Å²) in [5.41, 5.74) is 4.94. The van der Waals surface area contributed by atoms with Gasteiger partial charge in [0.25, 0.3) is 0 Å². The van der Waals surface area contributed by atoms with Crippen LogP contribution in [-0.2, 0) is 32.6 Å². The van der Waals surface area contributed by atoms with Crippen molar-refractivity contribution in [3.05, 3.63) is 101 Å². The Morgan fingerprint density at radius 2 is 1.54 bits per heavy atom. The Morgan fingerprint density at radius 3 is 2.14 bits per heavy atom. The van der Waals surface area contributed by atoms with E-state index in [1.807, 2.05) is 87.5 Å². The van der Waals surface area contributed by atoms with Gasteiger partial charge in [0.1, 0.15) is 12.6 Å². The fourth-order valence-electron chi connectivity index (χ4n) is 4.37. The largest absolute Gasteiger partial charge is 0.357 e. The van der Waals surface area contributed by atoms with E-state index in [0.29, 0.717) is 12.1 Å². The number of sulfonamides is 1. The quantitative estimate of drug-likeness (QED) is 0.440. The van der Waals surface area contributed by atoms with Crippen molar-refractivity contribution in [3.8, 4) is 0 Å². The predicted octanol–water partition coefficient (Wildman–Crippen LogP) is 3.76. The minimum Gasteiger partial charge on any atom is -0.357 e. The van der Waals surface area contributed by atoms with Crippen LogP contribution in [0.25, 0.3) is 0 Å². The molecule has 3 aromatic rings. The lowest BCUT2D eigenvalue weighted by molar-refractivity contribution is -0.139. The molecule has 37 heavy (non-hydrogen) atoms. The summed E-state index contributed by atoms with van der Waals surface area (Å²) in [6, 6.07) is 21.7. The molecule has 0 radical (unpaired) electrons. The molecule has 0 saturated carbocycles. The van der Waals surface area contributed by atoms with Crippen molar-refractivity contribution in [1.29, 1.82) is 0 Å². The summed E-state index contributed by atoms with van der Waals surface area (Å²) in [4.78, 5) is 28.6. The number of rotatable bonds is 10. The average molecular weight is 522 g/mol. The van der Waals surface area contributed by atoms with Crippen molar-refractivity contribution in [3.63, 3.8) is 0 Å². The molecule has 8 heteroatoms. The normalized spacial score (nSPS) is 12.0. The van der Waals surface area contributed by atoms with E-state index in [1.54, 1.807) is 6.07 Å². The Hall–Kier alpha value is -3.65. The first-order chi connectivity index (χ1) is 17.5. The molecule has 0 aliphatic carbocycles. The molecular weight excluding hydrogens is 486 g/mol. The van der Waals surface area contributed by atoms with Crippen molar-refractivity contribution < 1.29 is 18.0 Å². The molecule has 0 saturated heterocycles. The van der Waals surface area contributed by atoms with E-state index in [4.69, 9.17) is 0 Å². The number of carbonyl (C=O) groups is 2. The highest BCUT2D eigenvalue weighted by molar-refractivity contribution is 7.92. The zero-order valence-corrected chi connectivity index (χ0v) is 22.9. The van der Waals surface area contributed by atoms with Gasteiger partial charge in [-0.3, -0.25) is 13.9 Å². The molecule has 2 amide bonds. The predicted molar refractivity (Wildman–Crippen MR) is 148 cm³/mol. The Morgan fingerprint density at radius 1 is 0.892 bits per heavy atom. The van der Waals surface area contributed by atoms with E-state index in [9.17, 15) is 18.0 Å². The fraction of sp³-hybridized carbons (Fsp3) is 0.310. The highest BCUT2D eigenvalue weighted by atomic mass is 32.2. The summed E-state index contributed by atoms with van der Waals surface area (Å²) < 4.78 is 26.9. The third kappa shape index (κ3) is 7.20. The van der Waals surface area contributed by atoms with Gasteiger partial charge in [0.05, 0.1) is 11.9 Å². The summed E-state index contributed by atoms with van der Waals surface area (Å²) in [7, 11) is -2.25. The molecule has 0 aliphatic rings. The van der Waals surface area contributed by atoms with Crippen molar-refractivity contribution >= 4 is 27.5 Å². The number of benzene rings is 3. The zero-order valence-electron chi connectivity index (χ0n) is 22.1. The van der Waals surface area contributed by atoms with Gasteiger partial charge in [-0.25, -0.2) is 8.42 Å². The number of nitrogens with one attached hydrogen (secondary N) is 1. The number of likely N-dealkylation sites (N-methyl/N-ethyl adjacent to an activating group) is 1. The number of hydrogen-bond donors (Lipinski definition) is 1. The molecule has 3 rings (SSSR count). The maximum atomic E-state index is 14.0. The first kappa shape index (κ1) is 27.9. The van der Waals surface area contributed by atoms with E-state index in [1.165, 1.54) is 11.9 Å².